The molecule has 2 N–H and O–H groups in total. The fourth-order valence-corrected chi connectivity index (χ4v) is 4.86. The molecule has 2 aromatic heterocycles. The monoisotopic (exact) mass is 434 g/mol. The van der Waals surface area contributed by atoms with Gasteiger partial charge in [0.2, 0.25) is 0 Å². The highest BCUT2D eigenvalue weighted by Crippen LogP contribution is 2.33. The Bertz CT molecular complexity index is 1130. The molecule has 2 saturated heterocycles. The number of amides is 1. The van der Waals surface area contributed by atoms with Crippen LogP contribution < -0.4 is 15.4 Å². The molecule has 0 saturated carbocycles. The summed E-state index contributed by atoms with van der Waals surface area (Å²) >= 11 is 0. The van der Waals surface area contributed by atoms with Crippen LogP contribution in [-0.4, -0.2) is 58.2 Å². The lowest BCUT2D eigenvalue weighted by Crippen LogP contribution is -2.38. The number of piperidine rings is 1. The van der Waals surface area contributed by atoms with Crippen molar-refractivity contribution in [3.05, 3.63) is 53.3 Å². The normalized spacial score (nSPS) is 21.3. The Morgan fingerprint density at radius 2 is 1.97 bits per heavy atom. The standard InChI is InChI=1S/C24H30N6O2/c1-16-14-30-22(26-23(16)28-12-10-18(25)15-28)13-20(27-30)21-5-3-4-11-29(21)24(31)17-6-8-19(32-2)9-7-17/h6-9,13-14,18,21H,3-5,10-12,15,25H2,1-2H3/t18-,21-/m0/s1. The molecule has 5 rings (SSSR count). The number of nitrogens with zero attached hydrogens (tertiary/aromatic N) is 5. The van der Waals surface area contributed by atoms with Gasteiger partial charge in [0.1, 0.15) is 11.6 Å². The van der Waals surface area contributed by atoms with Crippen LogP contribution in [0.5, 0.6) is 5.75 Å². The van der Waals surface area contributed by atoms with E-state index in [9.17, 15) is 4.79 Å². The Hall–Kier alpha value is -3.13. The van der Waals surface area contributed by atoms with Gasteiger partial charge in [-0.15, -0.1) is 0 Å². The van der Waals surface area contributed by atoms with Crippen LogP contribution in [-0.2, 0) is 0 Å². The van der Waals surface area contributed by atoms with Crippen molar-refractivity contribution >= 4 is 17.4 Å². The van der Waals surface area contributed by atoms with Gasteiger partial charge in [-0.3, -0.25) is 4.79 Å². The largest absolute Gasteiger partial charge is 0.497 e. The lowest BCUT2D eigenvalue weighted by atomic mass is 9.98. The number of rotatable bonds is 4. The molecule has 32 heavy (non-hydrogen) atoms. The van der Waals surface area contributed by atoms with Gasteiger partial charge in [-0.05, 0) is 56.9 Å². The van der Waals surface area contributed by atoms with Crippen molar-refractivity contribution in [1.29, 1.82) is 0 Å². The zero-order chi connectivity index (χ0) is 22.2. The maximum Gasteiger partial charge on any atom is 0.254 e. The minimum Gasteiger partial charge on any atom is -0.497 e. The molecule has 0 radical (unpaired) electrons. The lowest BCUT2D eigenvalue weighted by Gasteiger charge is -2.34. The van der Waals surface area contributed by atoms with Crippen LogP contribution in [0.4, 0.5) is 5.82 Å². The second kappa shape index (κ2) is 8.43. The third kappa shape index (κ3) is 3.79. The quantitative estimate of drug-likeness (QED) is 0.679. The Kier molecular flexibility index (Phi) is 5.46. The predicted octanol–water partition coefficient (Wildman–Crippen LogP) is 2.95. The summed E-state index contributed by atoms with van der Waals surface area (Å²) < 4.78 is 7.07. The van der Waals surface area contributed by atoms with Crippen LogP contribution >= 0.6 is 0 Å². The summed E-state index contributed by atoms with van der Waals surface area (Å²) in [6.45, 7) is 4.55. The van der Waals surface area contributed by atoms with E-state index in [4.69, 9.17) is 20.6 Å². The molecule has 8 nitrogen and oxygen atoms in total. The Morgan fingerprint density at radius 1 is 1.16 bits per heavy atom. The predicted molar refractivity (Wildman–Crippen MR) is 123 cm³/mol. The Balaban J connectivity index is 1.44. The minimum atomic E-state index is -0.0518. The zero-order valence-corrected chi connectivity index (χ0v) is 18.7. The van der Waals surface area contributed by atoms with Crippen molar-refractivity contribution in [1.82, 2.24) is 19.5 Å². The molecule has 0 unspecified atom stereocenters. The zero-order valence-electron chi connectivity index (χ0n) is 18.7. The van der Waals surface area contributed by atoms with Crippen molar-refractivity contribution in [2.45, 2.75) is 44.7 Å². The Morgan fingerprint density at radius 3 is 2.69 bits per heavy atom. The van der Waals surface area contributed by atoms with Gasteiger partial charge in [-0.2, -0.15) is 5.10 Å². The number of ether oxygens (including phenoxy) is 1. The van der Waals surface area contributed by atoms with E-state index in [1.165, 1.54) is 0 Å². The molecular weight excluding hydrogens is 404 g/mol. The van der Waals surface area contributed by atoms with Crippen molar-refractivity contribution in [2.24, 2.45) is 5.73 Å². The Labute approximate surface area is 188 Å². The van der Waals surface area contributed by atoms with Crippen LogP contribution in [0.3, 0.4) is 0 Å². The summed E-state index contributed by atoms with van der Waals surface area (Å²) in [7, 11) is 1.63. The smallest absolute Gasteiger partial charge is 0.254 e. The van der Waals surface area contributed by atoms with Crippen LogP contribution in [0.1, 0.15) is 53.3 Å². The number of methoxy groups -OCH3 is 1. The van der Waals surface area contributed by atoms with E-state index in [1.54, 1.807) is 7.11 Å². The second-order valence-electron chi connectivity index (χ2n) is 8.85. The van der Waals surface area contributed by atoms with Crippen molar-refractivity contribution < 1.29 is 9.53 Å². The number of carbonyl (C=O) groups is 1. The highest BCUT2D eigenvalue weighted by atomic mass is 16.5. The SMILES string of the molecule is COc1ccc(C(=O)N2CCCC[C@H]2c2cc3nc(N4CC[C@H](N)C4)c(C)cn3n2)cc1. The summed E-state index contributed by atoms with van der Waals surface area (Å²) in [5, 5.41) is 4.83. The first-order chi connectivity index (χ1) is 15.5. The molecule has 3 aromatic rings. The maximum atomic E-state index is 13.3. The summed E-state index contributed by atoms with van der Waals surface area (Å²) in [6.07, 6.45) is 6.00. The number of likely N-dealkylation sites (tertiary alicyclic amines) is 1. The topological polar surface area (TPSA) is 89.0 Å². The van der Waals surface area contributed by atoms with Gasteiger partial charge in [0.05, 0.1) is 18.8 Å². The summed E-state index contributed by atoms with van der Waals surface area (Å²) in [6, 6.07) is 9.49. The number of fused-ring (bicyclic) bond motifs is 1. The maximum absolute atomic E-state index is 13.3. The first-order valence-electron chi connectivity index (χ1n) is 11.4. The molecule has 2 fully saturated rings. The van der Waals surface area contributed by atoms with E-state index in [-0.39, 0.29) is 18.0 Å². The number of anilines is 1. The van der Waals surface area contributed by atoms with Gasteiger partial charge in [-0.1, -0.05) is 0 Å². The van der Waals surface area contributed by atoms with E-state index in [0.717, 1.165) is 73.8 Å². The number of aryl methyl sites for hydroxylation is 1. The summed E-state index contributed by atoms with van der Waals surface area (Å²) in [4.78, 5) is 22.5. The van der Waals surface area contributed by atoms with E-state index in [0.29, 0.717) is 5.56 Å². The minimum absolute atomic E-state index is 0.0327. The van der Waals surface area contributed by atoms with Gasteiger partial charge >= 0.3 is 0 Å². The number of carbonyl (C=O) groups excluding carboxylic acids is 1. The average Bonchev–Trinajstić information content (AvgIpc) is 3.43. The third-order valence-electron chi connectivity index (χ3n) is 6.59. The molecule has 8 heteroatoms. The van der Waals surface area contributed by atoms with Gasteiger partial charge in [-0.25, -0.2) is 9.50 Å². The number of benzene rings is 1. The number of aromatic nitrogens is 3. The summed E-state index contributed by atoms with van der Waals surface area (Å²) in [5.41, 5.74) is 9.56. The number of hydrogen-bond donors (Lipinski definition) is 1. The molecule has 2 aliphatic heterocycles. The molecule has 168 valence electrons. The van der Waals surface area contributed by atoms with Crippen LogP contribution in [0.15, 0.2) is 36.5 Å². The van der Waals surface area contributed by atoms with Crippen molar-refractivity contribution in [3.63, 3.8) is 0 Å². The molecule has 0 bridgehead atoms. The van der Waals surface area contributed by atoms with Crippen LogP contribution in [0.2, 0.25) is 0 Å². The van der Waals surface area contributed by atoms with E-state index in [1.807, 2.05) is 45.9 Å². The van der Waals surface area contributed by atoms with Gasteiger partial charge in [0, 0.05) is 49.1 Å². The molecule has 2 atom stereocenters. The fraction of sp³-hybridized carbons (Fsp3) is 0.458. The highest BCUT2D eigenvalue weighted by Gasteiger charge is 2.31. The third-order valence-corrected chi connectivity index (χ3v) is 6.59. The molecule has 0 spiro atoms. The van der Waals surface area contributed by atoms with Crippen molar-refractivity contribution in [3.8, 4) is 5.75 Å². The molecule has 1 amide bonds. The summed E-state index contributed by atoms with van der Waals surface area (Å²) in [5.74, 6) is 1.75. The molecule has 1 aromatic carbocycles. The first kappa shape index (κ1) is 20.8. The highest BCUT2D eigenvalue weighted by molar-refractivity contribution is 5.94. The number of nitrogens with two attached hydrogens (primary N) is 1. The molecule has 2 aliphatic rings. The van der Waals surface area contributed by atoms with Crippen LogP contribution in [0.25, 0.3) is 5.65 Å². The second-order valence-corrected chi connectivity index (χ2v) is 8.85. The van der Waals surface area contributed by atoms with Crippen LogP contribution in [0, 0.1) is 6.92 Å². The lowest BCUT2D eigenvalue weighted by molar-refractivity contribution is 0.0605. The molecular formula is C24H30N6O2. The fourth-order valence-electron chi connectivity index (χ4n) is 4.86. The average molecular weight is 435 g/mol. The van der Waals surface area contributed by atoms with Gasteiger partial charge in [0.25, 0.3) is 5.91 Å². The van der Waals surface area contributed by atoms with E-state index >= 15 is 0 Å². The van der Waals surface area contributed by atoms with Crippen molar-refractivity contribution in [2.75, 3.05) is 31.6 Å². The molecule has 4 heterocycles. The first-order valence-corrected chi connectivity index (χ1v) is 11.4. The van der Waals surface area contributed by atoms with Gasteiger partial charge < -0.3 is 20.3 Å². The van der Waals surface area contributed by atoms with E-state index in [2.05, 4.69) is 11.8 Å². The van der Waals surface area contributed by atoms with Gasteiger partial charge in [0.15, 0.2) is 5.65 Å². The molecule has 0 aliphatic carbocycles. The van der Waals surface area contributed by atoms with E-state index < -0.39 is 0 Å². The number of hydrogen-bond acceptors (Lipinski definition) is 6.